The fraction of sp³-hybridized carbons (Fsp3) is 0.533. The summed E-state index contributed by atoms with van der Waals surface area (Å²) in [6, 6.07) is 8.35. The van der Waals surface area contributed by atoms with Gasteiger partial charge in [-0.25, -0.2) is 0 Å². The largest absolute Gasteiger partial charge is 0.312 e. The van der Waals surface area contributed by atoms with Crippen molar-refractivity contribution >= 4 is 5.78 Å². The van der Waals surface area contributed by atoms with Crippen LogP contribution in [0.2, 0.25) is 0 Å². The Balaban J connectivity index is 1.72. The second-order valence-corrected chi connectivity index (χ2v) is 5.33. The quantitative estimate of drug-likeness (QED) is 0.860. The summed E-state index contributed by atoms with van der Waals surface area (Å²) in [6.07, 6.45) is 4.56. The summed E-state index contributed by atoms with van der Waals surface area (Å²) in [5.41, 5.74) is 2.55. The molecule has 0 radical (unpaired) electrons. The topological polar surface area (TPSA) is 29.1 Å². The summed E-state index contributed by atoms with van der Waals surface area (Å²) >= 11 is 0. The van der Waals surface area contributed by atoms with Gasteiger partial charge in [0.2, 0.25) is 0 Å². The zero-order valence-electron chi connectivity index (χ0n) is 10.1. The van der Waals surface area contributed by atoms with Crippen LogP contribution in [0.1, 0.15) is 42.7 Å². The van der Waals surface area contributed by atoms with Crippen molar-refractivity contribution in [2.75, 3.05) is 6.54 Å². The molecule has 1 unspecified atom stereocenters. The molecule has 1 N–H and O–H groups in total. The average Bonchev–Trinajstić information content (AvgIpc) is 3.19. The molecular weight excluding hydrogens is 210 g/mol. The SMILES string of the molecule is O=C(CCC1CC1)C1CNCc2ccccc21. The number of hydrogen-bond acceptors (Lipinski definition) is 2. The molecule has 1 saturated carbocycles. The summed E-state index contributed by atoms with van der Waals surface area (Å²) < 4.78 is 0. The molecular formula is C15H19NO. The van der Waals surface area contributed by atoms with Crippen molar-refractivity contribution in [2.45, 2.75) is 38.1 Å². The van der Waals surface area contributed by atoms with Crippen molar-refractivity contribution < 1.29 is 4.79 Å². The number of hydrogen-bond donors (Lipinski definition) is 1. The molecule has 0 amide bonds. The number of nitrogens with one attached hydrogen (secondary N) is 1. The molecule has 1 heterocycles. The van der Waals surface area contributed by atoms with E-state index in [1.54, 1.807) is 0 Å². The fourth-order valence-corrected chi connectivity index (χ4v) is 2.71. The molecule has 1 aromatic rings. The number of benzene rings is 1. The van der Waals surface area contributed by atoms with Crippen LogP contribution >= 0.6 is 0 Å². The summed E-state index contributed by atoms with van der Waals surface area (Å²) in [7, 11) is 0. The van der Waals surface area contributed by atoms with Gasteiger partial charge in [0.25, 0.3) is 0 Å². The lowest BCUT2D eigenvalue weighted by molar-refractivity contribution is -0.120. The molecule has 17 heavy (non-hydrogen) atoms. The van der Waals surface area contributed by atoms with E-state index in [9.17, 15) is 4.79 Å². The van der Waals surface area contributed by atoms with Gasteiger partial charge >= 0.3 is 0 Å². The van der Waals surface area contributed by atoms with Crippen LogP contribution in [0.5, 0.6) is 0 Å². The molecule has 90 valence electrons. The Labute approximate surface area is 102 Å². The van der Waals surface area contributed by atoms with Gasteiger partial charge in [-0.3, -0.25) is 4.79 Å². The van der Waals surface area contributed by atoms with Crippen LogP contribution in [0, 0.1) is 5.92 Å². The smallest absolute Gasteiger partial charge is 0.141 e. The molecule has 2 heteroatoms. The molecule has 0 saturated heterocycles. The first-order valence-electron chi connectivity index (χ1n) is 6.66. The monoisotopic (exact) mass is 229 g/mol. The zero-order valence-corrected chi connectivity index (χ0v) is 10.1. The Morgan fingerprint density at radius 3 is 2.94 bits per heavy atom. The molecule has 1 fully saturated rings. The first-order chi connectivity index (χ1) is 8.34. The molecule has 2 nitrogen and oxygen atoms in total. The van der Waals surface area contributed by atoms with Crippen molar-refractivity contribution in [3.05, 3.63) is 35.4 Å². The van der Waals surface area contributed by atoms with Crippen molar-refractivity contribution in [2.24, 2.45) is 5.92 Å². The predicted octanol–water partition coefficient (Wildman–Crippen LogP) is 2.63. The molecule has 0 spiro atoms. The summed E-state index contributed by atoms with van der Waals surface area (Å²) in [5.74, 6) is 1.38. The van der Waals surface area contributed by atoms with E-state index in [0.717, 1.165) is 31.8 Å². The van der Waals surface area contributed by atoms with Gasteiger partial charge in [0.1, 0.15) is 5.78 Å². The first kappa shape index (κ1) is 11.0. The van der Waals surface area contributed by atoms with Gasteiger partial charge in [-0.2, -0.15) is 0 Å². The van der Waals surface area contributed by atoms with Crippen LogP contribution in [0.15, 0.2) is 24.3 Å². The summed E-state index contributed by atoms with van der Waals surface area (Å²) in [6.45, 7) is 1.73. The van der Waals surface area contributed by atoms with Gasteiger partial charge in [-0.05, 0) is 23.5 Å². The molecule has 2 aliphatic rings. The lowest BCUT2D eigenvalue weighted by Crippen LogP contribution is -2.32. The van der Waals surface area contributed by atoms with Crippen LogP contribution in [0.4, 0.5) is 0 Å². The van der Waals surface area contributed by atoms with E-state index in [1.165, 1.54) is 24.0 Å². The summed E-state index contributed by atoms with van der Waals surface area (Å²) in [4.78, 5) is 12.3. The third-order valence-corrected chi connectivity index (χ3v) is 3.98. The number of carbonyl (C=O) groups excluding carboxylic acids is 1. The van der Waals surface area contributed by atoms with Gasteiger partial charge in [0, 0.05) is 19.5 Å². The minimum absolute atomic E-state index is 0.0960. The Kier molecular flexibility index (Phi) is 2.98. The number of ketones is 1. The van der Waals surface area contributed by atoms with Crippen LogP contribution in [-0.4, -0.2) is 12.3 Å². The highest BCUT2D eigenvalue weighted by molar-refractivity contribution is 5.86. The Bertz CT molecular complexity index is 423. The van der Waals surface area contributed by atoms with Crippen molar-refractivity contribution in [1.29, 1.82) is 0 Å². The maximum Gasteiger partial charge on any atom is 0.141 e. The number of fused-ring (bicyclic) bond motifs is 1. The van der Waals surface area contributed by atoms with Crippen LogP contribution in [0.3, 0.4) is 0 Å². The van der Waals surface area contributed by atoms with Crippen LogP contribution in [0.25, 0.3) is 0 Å². The van der Waals surface area contributed by atoms with E-state index < -0.39 is 0 Å². The van der Waals surface area contributed by atoms with Crippen LogP contribution in [-0.2, 0) is 11.3 Å². The van der Waals surface area contributed by atoms with Gasteiger partial charge in [-0.15, -0.1) is 0 Å². The highest BCUT2D eigenvalue weighted by Crippen LogP contribution is 2.35. The third kappa shape index (κ3) is 2.42. The van der Waals surface area contributed by atoms with Crippen molar-refractivity contribution in [3.8, 4) is 0 Å². The second-order valence-electron chi connectivity index (χ2n) is 5.33. The summed E-state index contributed by atoms with van der Waals surface area (Å²) in [5, 5.41) is 3.35. The van der Waals surface area contributed by atoms with Gasteiger partial charge in [0.05, 0.1) is 5.92 Å². The standard InChI is InChI=1S/C15H19NO/c17-15(8-7-11-5-6-11)14-10-16-9-12-3-1-2-4-13(12)14/h1-4,11,14,16H,5-10H2. The van der Waals surface area contributed by atoms with Gasteiger partial charge in [0.15, 0.2) is 0 Å². The van der Waals surface area contributed by atoms with E-state index >= 15 is 0 Å². The van der Waals surface area contributed by atoms with E-state index in [4.69, 9.17) is 0 Å². The highest BCUT2D eigenvalue weighted by Gasteiger charge is 2.28. The molecule has 3 rings (SSSR count). The highest BCUT2D eigenvalue weighted by atomic mass is 16.1. The minimum atomic E-state index is 0.0960. The molecule has 1 aromatic carbocycles. The first-order valence-corrected chi connectivity index (χ1v) is 6.66. The Morgan fingerprint density at radius 1 is 1.29 bits per heavy atom. The molecule has 1 aliphatic carbocycles. The lowest BCUT2D eigenvalue weighted by atomic mass is 9.86. The van der Waals surface area contributed by atoms with Crippen LogP contribution < -0.4 is 5.32 Å². The average molecular weight is 229 g/mol. The molecule has 1 atom stereocenters. The zero-order chi connectivity index (χ0) is 11.7. The van der Waals surface area contributed by atoms with Crippen molar-refractivity contribution in [3.63, 3.8) is 0 Å². The van der Waals surface area contributed by atoms with Crippen molar-refractivity contribution in [1.82, 2.24) is 5.32 Å². The minimum Gasteiger partial charge on any atom is -0.312 e. The lowest BCUT2D eigenvalue weighted by Gasteiger charge is -2.25. The van der Waals surface area contributed by atoms with Gasteiger partial charge in [-0.1, -0.05) is 37.1 Å². The Morgan fingerprint density at radius 2 is 2.12 bits per heavy atom. The number of Topliss-reactive ketones (excluding diaryl/α,β-unsaturated/α-hetero) is 1. The fourth-order valence-electron chi connectivity index (χ4n) is 2.71. The predicted molar refractivity (Wildman–Crippen MR) is 67.9 cm³/mol. The Hall–Kier alpha value is -1.15. The van der Waals surface area contributed by atoms with E-state index in [-0.39, 0.29) is 5.92 Å². The number of rotatable bonds is 4. The maximum absolute atomic E-state index is 12.3. The normalized spacial score (nSPS) is 23.2. The molecule has 1 aliphatic heterocycles. The molecule has 0 bridgehead atoms. The second kappa shape index (κ2) is 4.61. The number of carbonyl (C=O) groups is 1. The van der Waals surface area contributed by atoms with E-state index in [0.29, 0.717) is 5.78 Å². The maximum atomic E-state index is 12.3. The van der Waals surface area contributed by atoms with E-state index in [1.807, 2.05) is 6.07 Å². The van der Waals surface area contributed by atoms with E-state index in [2.05, 4.69) is 23.5 Å². The van der Waals surface area contributed by atoms with Gasteiger partial charge < -0.3 is 5.32 Å². The third-order valence-electron chi connectivity index (χ3n) is 3.98. The molecule has 0 aromatic heterocycles.